The van der Waals surface area contributed by atoms with Crippen molar-refractivity contribution in [3.05, 3.63) is 72.9 Å². The van der Waals surface area contributed by atoms with Crippen LogP contribution < -0.4 is 0 Å². The van der Waals surface area contributed by atoms with Crippen LogP contribution in [0.15, 0.2) is 72.9 Å². The Bertz CT molecular complexity index is 1270. The Kier molecular flexibility index (Phi) is 53.8. The van der Waals surface area contributed by atoms with E-state index < -0.39 is 6.10 Å². The molecule has 0 aromatic carbocycles. The van der Waals surface area contributed by atoms with Gasteiger partial charge in [-0.3, -0.25) is 14.4 Å². The zero-order valence-corrected chi connectivity index (χ0v) is 44.9. The minimum atomic E-state index is -0.794. The minimum Gasteiger partial charge on any atom is -0.462 e. The molecule has 1 atom stereocenters. The summed E-state index contributed by atoms with van der Waals surface area (Å²) < 4.78 is 16.8. The summed E-state index contributed by atoms with van der Waals surface area (Å²) in [5.74, 6) is -0.923. The van der Waals surface area contributed by atoms with Crippen LogP contribution in [0.3, 0.4) is 0 Å². The molecular formula is C62H108O6. The van der Waals surface area contributed by atoms with Crippen molar-refractivity contribution in [1.29, 1.82) is 0 Å². The summed E-state index contributed by atoms with van der Waals surface area (Å²) in [5, 5.41) is 0. The van der Waals surface area contributed by atoms with Gasteiger partial charge in [0.15, 0.2) is 6.10 Å². The van der Waals surface area contributed by atoms with Crippen molar-refractivity contribution in [3.8, 4) is 0 Å². The Balaban J connectivity index is 4.40. The van der Waals surface area contributed by atoms with Gasteiger partial charge in [-0.15, -0.1) is 0 Å². The normalized spacial score (nSPS) is 12.6. The summed E-state index contributed by atoms with van der Waals surface area (Å²) in [6, 6.07) is 0. The molecule has 0 fully saturated rings. The van der Waals surface area contributed by atoms with Gasteiger partial charge in [0.05, 0.1) is 0 Å². The van der Waals surface area contributed by atoms with E-state index in [4.69, 9.17) is 14.2 Å². The summed E-state index contributed by atoms with van der Waals surface area (Å²) in [7, 11) is 0. The van der Waals surface area contributed by atoms with Crippen LogP contribution in [0.5, 0.6) is 0 Å². The fourth-order valence-corrected chi connectivity index (χ4v) is 8.13. The third-order valence-electron chi connectivity index (χ3n) is 12.5. The molecule has 0 amide bonds. The Hall–Kier alpha value is -3.15. The summed E-state index contributed by atoms with van der Waals surface area (Å²) in [6.45, 7) is 6.49. The molecule has 0 radical (unpaired) electrons. The van der Waals surface area contributed by atoms with Gasteiger partial charge in [-0.1, -0.05) is 248 Å². The number of allylic oxidation sites excluding steroid dienone is 12. The molecule has 6 heteroatoms. The SMILES string of the molecule is CC/C=C/C=C/C=C/CCCCCCCC(=O)OCC(COC(=O)CCCCCCCCC/C=C/CCCCCCCCCC)OC(=O)CCCCCCC/C=C/C=C/CCCCCCCCC. The fourth-order valence-electron chi connectivity index (χ4n) is 8.13. The topological polar surface area (TPSA) is 78.9 Å². The molecular weight excluding hydrogens is 841 g/mol. The highest BCUT2D eigenvalue weighted by atomic mass is 16.6. The maximum absolute atomic E-state index is 12.9. The lowest BCUT2D eigenvalue weighted by Crippen LogP contribution is -2.30. The monoisotopic (exact) mass is 949 g/mol. The first-order chi connectivity index (χ1) is 33.5. The first-order valence-corrected chi connectivity index (χ1v) is 29.0. The van der Waals surface area contributed by atoms with E-state index in [0.29, 0.717) is 19.3 Å². The molecule has 392 valence electrons. The third-order valence-corrected chi connectivity index (χ3v) is 12.5. The Morgan fingerprint density at radius 2 is 0.588 bits per heavy atom. The average Bonchev–Trinajstić information content (AvgIpc) is 3.34. The van der Waals surface area contributed by atoms with E-state index in [1.807, 2.05) is 0 Å². The van der Waals surface area contributed by atoms with Crippen LogP contribution in [-0.4, -0.2) is 37.2 Å². The van der Waals surface area contributed by atoms with Crippen LogP contribution in [0.1, 0.15) is 284 Å². The predicted molar refractivity (Wildman–Crippen MR) is 293 cm³/mol. The van der Waals surface area contributed by atoms with Gasteiger partial charge in [-0.05, 0) is 89.9 Å². The number of ether oxygens (including phenoxy) is 3. The first-order valence-electron chi connectivity index (χ1n) is 29.0. The van der Waals surface area contributed by atoms with Crippen molar-refractivity contribution >= 4 is 17.9 Å². The van der Waals surface area contributed by atoms with Crippen molar-refractivity contribution in [2.75, 3.05) is 13.2 Å². The lowest BCUT2D eigenvalue weighted by atomic mass is 10.1. The van der Waals surface area contributed by atoms with Crippen molar-refractivity contribution in [3.63, 3.8) is 0 Å². The van der Waals surface area contributed by atoms with Gasteiger partial charge in [-0.2, -0.15) is 0 Å². The van der Waals surface area contributed by atoms with Crippen molar-refractivity contribution in [2.45, 2.75) is 290 Å². The van der Waals surface area contributed by atoms with Crippen LogP contribution in [0.4, 0.5) is 0 Å². The van der Waals surface area contributed by atoms with Gasteiger partial charge in [0, 0.05) is 19.3 Å². The van der Waals surface area contributed by atoms with E-state index in [-0.39, 0.29) is 31.1 Å². The lowest BCUT2D eigenvalue weighted by Gasteiger charge is -2.18. The number of esters is 3. The average molecular weight is 950 g/mol. The van der Waals surface area contributed by atoms with Gasteiger partial charge in [0.2, 0.25) is 0 Å². The molecule has 0 saturated carbocycles. The number of rotatable bonds is 52. The lowest BCUT2D eigenvalue weighted by molar-refractivity contribution is -0.167. The van der Waals surface area contributed by atoms with Gasteiger partial charge in [-0.25, -0.2) is 0 Å². The molecule has 0 aliphatic carbocycles. The highest BCUT2D eigenvalue weighted by Crippen LogP contribution is 2.15. The van der Waals surface area contributed by atoms with Crippen LogP contribution in [0.25, 0.3) is 0 Å². The number of carbonyl (C=O) groups excluding carboxylic acids is 3. The molecule has 0 aromatic heterocycles. The number of hydrogen-bond acceptors (Lipinski definition) is 6. The number of carbonyl (C=O) groups is 3. The van der Waals surface area contributed by atoms with Crippen molar-refractivity contribution in [1.82, 2.24) is 0 Å². The molecule has 0 aliphatic heterocycles. The highest BCUT2D eigenvalue weighted by molar-refractivity contribution is 5.71. The van der Waals surface area contributed by atoms with E-state index in [9.17, 15) is 14.4 Å². The van der Waals surface area contributed by atoms with Crippen molar-refractivity contribution < 1.29 is 28.6 Å². The van der Waals surface area contributed by atoms with E-state index in [2.05, 4.69) is 93.7 Å². The summed E-state index contributed by atoms with van der Waals surface area (Å²) >= 11 is 0. The van der Waals surface area contributed by atoms with E-state index >= 15 is 0 Å². The molecule has 0 bridgehead atoms. The van der Waals surface area contributed by atoms with E-state index in [1.54, 1.807) is 0 Å². The van der Waals surface area contributed by atoms with Crippen LogP contribution in [0.2, 0.25) is 0 Å². The maximum Gasteiger partial charge on any atom is 0.306 e. The second kappa shape index (κ2) is 56.4. The molecule has 0 aliphatic rings. The minimum absolute atomic E-state index is 0.0903. The van der Waals surface area contributed by atoms with Crippen LogP contribution in [-0.2, 0) is 28.6 Å². The smallest absolute Gasteiger partial charge is 0.306 e. The fraction of sp³-hybridized carbons (Fsp3) is 0.758. The van der Waals surface area contributed by atoms with Gasteiger partial charge in [0.1, 0.15) is 13.2 Å². The molecule has 0 heterocycles. The third kappa shape index (κ3) is 53.8. The number of unbranched alkanes of at least 4 members (excludes halogenated alkanes) is 32. The molecule has 0 N–H and O–H groups in total. The zero-order valence-electron chi connectivity index (χ0n) is 44.9. The molecule has 6 nitrogen and oxygen atoms in total. The first kappa shape index (κ1) is 64.8. The Labute approximate surface area is 421 Å². The highest BCUT2D eigenvalue weighted by Gasteiger charge is 2.19. The zero-order chi connectivity index (χ0) is 49.3. The summed E-state index contributed by atoms with van der Waals surface area (Å²) in [6.07, 6.45) is 71.8. The van der Waals surface area contributed by atoms with E-state index in [1.165, 1.54) is 141 Å². The second-order valence-corrected chi connectivity index (χ2v) is 19.3. The van der Waals surface area contributed by atoms with Gasteiger partial charge >= 0.3 is 17.9 Å². The van der Waals surface area contributed by atoms with Gasteiger partial charge < -0.3 is 14.2 Å². The van der Waals surface area contributed by atoms with Crippen LogP contribution in [0, 0.1) is 0 Å². The second-order valence-electron chi connectivity index (χ2n) is 19.3. The summed E-state index contributed by atoms with van der Waals surface area (Å²) in [4.78, 5) is 38.1. The van der Waals surface area contributed by atoms with E-state index in [0.717, 1.165) is 103 Å². The molecule has 0 rings (SSSR count). The largest absolute Gasteiger partial charge is 0.462 e. The quantitative estimate of drug-likeness (QED) is 0.0199. The predicted octanol–water partition coefficient (Wildman–Crippen LogP) is 19.4. The molecule has 0 aromatic rings. The maximum atomic E-state index is 12.9. The number of hydrogen-bond donors (Lipinski definition) is 0. The standard InChI is InChI=1S/C62H108O6/c1-4-7-10-13-16-19-22-25-27-29-31-33-34-37-40-43-46-49-52-55-61(64)67-58-59(57-66-60(63)54-51-48-45-42-39-36-24-21-18-15-12-9-6-3)68-62(65)56-53-50-47-44-41-38-35-32-30-28-26-23-20-17-14-11-8-5-2/h9,12,15,18,21,24,28-32,35,59H,4-8,10-11,13-14,16-17,19-20,22-23,25-27,33-34,36-58H2,1-3H3/b12-9+,18-15+,24-21+,30-28+,31-29+,35-32+. The van der Waals surface area contributed by atoms with Crippen molar-refractivity contribution in [2.24, 2.45) is 0 Å². The Morgan fingerprint density at radius 3 is 0.941 bits per heavy atom. The molecule has 0 saturated heterocycles. The molecule has 0 spiro atoms. The van der Waals surface area contributed by atoms with Crippen LogP contribution >= 0.6 is 0 Å². The molecule has 68 heavy (non-hydrogen) atoms. The summed E-state index contributed by atoms with van der Waals surface area (Å²) in [5.41, 5.74) is 0. The molecule has 1 unspecified atom stereocenters. The van der Waals surface area contributed by atoms with Gasteiger partial charge in [0.25, 0.3) is 0 Å². The Morgan fingerprint density at radius 1 is 0.309 bits per heavy atom.